The number of hydrogen-bond donors (Lipinski definition) is 1. The van der Waals surface area contributed by atoms with Crippen LogP contribution in [0.25, 0.3) is 17.1 Å². The van der Waals surface area contributed by atoms with E-state index in [9.17, 15) is 9.59 Å². The summed E-state index contributed by atoms with van der Waals surface area (Å²) in [6.07, 6.45) is 1.47. The number of benzene rings is 3. The van der Waals surface area contributed by atoms with E-state index >= 15 is 0 Å². The van der Waals surface area contributed by atoms with Crippen molar-refractivity contribution in [1.82, 2.24) is 14.8 Å². The smallest absolute Gasteiger partial charge is 0.234 e. The summed E-state index contributed by atoms with van der Waals surface area (Å²) in [6.45, 7) is 2.79. The molecule has 0 unspecified atom stereocenters. The monoisotopic (exact) mass is 483 g/mol. The highest BCUT2D eigenvalue weighted by molar-refractivity contribution is 7.99. The second-order valence-electron chi connectivity index (χ2n) is 8.38. The van der Waals surface area contributed by atoms with Gasteiger partial charge >= 0.3 is 0 Å². The minimum Gasteiger partial charge on any atom is -0.325 e. The molecule has 0 aliphatic carbocycles. The Morgan fingerprint density at radius 3 is 2.34 bits per heavy atom. The Labute approximate surface area is 208 Å². The molecule has 0 spiro atoms. The maximum atomic E-state index is 12.7. The SMILES string of the molecule is Cc1ccc(-n2c(SCC(=O)Nc3ccc(N4CCCC4=O)cc3)nnc2-c2ccccc2)cc1. The van der Waals surface area contributed by atoms with Gasteiger partial charge in [0.15, 0.2) is 11.0 Å². The van der Waals surface area contributed by atoms with Gasteiger partial charge in [0.05, 0.1) is 5.75 Å². The summed E-state index contributed by atoms with van der Waals surface area (Å²) in [7, 11) is 0. The molecule has 176 valence electrons. The molecule has 1 aliphatic rings. The van der Waals surface area contributed by atoms with Crippen molar-refractivity contribution in [3.8, 4) is 17.1 Å². The molecule has 1 fully saturated rings. The zero-order chi connectivity index (χ0) is 24.2. The van der Waals surface area contributed by atoms with E-state index in [4.69, 9.17) is 0 Å². The van der Waals surface area contributed by atoms with E-state index in [1.807, 2.05) is 90.4 Å². The summed E-state index contributed by atoms with van der Waals surface area (Å²) < 4.78 is 1.98. The van der Waals surface area contributed by atoms with Crippen LogP contribution in [-0.2, 0) is 9.59 Å². The van der Waals surface area contributed by atoms with Gasteiger partial charge in [-0.15, -0.1) is 10.2 Å². The van der Waals surface area contributed by atoms with Crippen LogP contribution < -0.4 is 10.2 Å². The molecular formula is C27H25N5O2S. The maximum Gasteiger partial charge on any atom is 0.234 e. The fraction of sp³-hybridized carbons (Fsp3) is 0.185. The van der Waals surface area contributed by atoms with Crippen LogP contribution in [0, 0.1) is 6.92 Å². The van der Waals surface area contributed by atoms with Gasteiger partial charge in [0.2, 0.25) is 11.8 Å². The molecule has 0 radical (unpaired) electrons. The van der Waals surface area contributed by atoms with Gasteiger partial charge in [0, 0.05) is 35.6 Å². The molecule has 5 rings (SSSR count). The molecule has 2 amide bonds. The third-order valence-electron chi connectivity index (χ3n) is 5.83. The Bertz CT molecular complexity index is 1330. The summed E-state index contributed by atoms with van der Waals surface area (Å²) in [5, 5.41) is 12.4. The van der Waals surface area contributed by atoms with Crippen molar-refractivity contribution in [2.24, 2.45) is 0 Å². The van der Waals surface area contributed by atoms with Crippen molar-refractivity contribution < 1.29 is 9.59 Å². The Hall–Kier alpha value is -3.91. The van der Waals surface area contributed by atoms with Gasteiger partial charge in [-0.25, -0.2) is 0 Å². The Morgan fingerprint density at radius 1 is 0.943 bits per heavy atom. The van der Waals surface area contributed by atoms with E-state index in [0.717, 1.165) is 41.3 Å². The fourth-order valence-corrected chi connectivity index (χ4v) is 4.79. The van der Waals surface area contributed by atoms with Crippen molar-refractivity contribution in [2.75, 3.05) is 22.5 Å². The zero-order valence-corrected chi connectivity index (χ0v) is 20.2. The normalized spacial score (nSPS) is 13.3. The minimum absolute atomic E-state index is 0.139. The lowest BCUT2D eigenvalue weighted by molar-refractivity contribution is -0.117. The van der Waals surface area contributed by atoms with E-state index in [1.54, 1.807) is 4.90 Å². The highest BCUT2D eigenvalue weighted by atomic mass is 32.2. The van der Waals surface area contributed by atoms with Crippen LogP contribution in [0.1, 0.15) is 18.4 Å². The molecule has 1 aliphatic heterocycles. The predicted molar refractivity (Wildman–Crippen MR) is 139 cm³/mol. The quantitative estimate of drug-likeness (QED) is 0.370. The number of hydrogen-bond acceptors (Lipinski definition) is 5. The average molecular weight is 484 g/mol. The van der Waals surface area contributed by atoms with Crippen LogP contribution in [0.4, 0.5) is 11.4 Å². The first-order valence-corrected chi connectivity index (χ1v) is 12.5. The molecule has 4 aromatic rings. The van der Waals surface area contributed by atoms with Crippen molar-refractivity contribution in [3.05, 3.63) is 84.4 Å². The molecule has 1 aromatic heterocycles. The molecule has 1 N–H and O–H groups in total. The van der Waals surface area contributed by atoms with Crippen molar-refractivity contribution in [2.45, 2.75) is 24.9 Å². The van der Waals surface area contributed by atoms with Crippen LogP contribution in [0.15, 0.2) is 84.0 Å². The average Bonchev–Trinajstić information content (AvgIpc) is 3.50. The maximum absolute atomic E-state index is 12.7. The van der Waals surface area contributed by atoms with Gasteiger partial charge in [0.25, 0.3) is 0 Å². The molecule has 8 heteroatoms. The van der Waals surface area contributed by atoms with Gasteiger partial charge in [-0.2, -0.15) is 0 Å². The van der Waals surface area contributed by atoms with E-state index < -0.39 is 0 Å². The topological polar surface area (TPSA) is 80.1 Å². The van der Waals surface area contributed by atoms with Gasteiger partial charge < -0.3 is 10.2 Å². The van der Waals surface area contributed by atoms with Gasteiger partial charge in [-0.3, -0.25) is 14.2 Å². The number of carbonyl (C=O) groups excluding carboxylic acids is 2. The van der Waals surface area contributed by atoms with Crippen molar-refractivity contribution in [1.29, 1.82) is 0 Å². The van der Waals surface area contributed by atoms with Gasteiger partial charge in [-0.05, 0) is 49.7 Å². The van der Waals surface area contributed by atoms with Crippen LogP contribution in [0.2, 0.25) is 0 Å². The summed E-state index contributed by atoms with van der Waals surface area (Å²) in [6, 6.07) is 25.4. The molecule has 1 saturated heterocycles. The number of aromatic nitrogens is 3. The Kier molecular flexibility index (Phi) is 6.63. The van der Waals surface area contributed by atoms with E-state index in [-0.39, 0.29) is 17.6 Å². The van der Waals surface area contributed by atoms with Crippen LogP contribution >= 0.6 is 11.8 Å². The number of amides is 2. The first-order valence-electron chi connectivity index (χ1n) is 11.5. The number of nitrogens with one attached hydrogen (secondary N) is 1. The van der Waals surface area contributed by atoms with E-state index in [2.05, 4.69) is 15.5 Å². The number of carbonyl (C=O) groups is 2. The van der Waals surface area contributed by atoms with Gasteiger partial charge in [0.1, 0.15) is 0 Å². The third kappa shape index (κ3) is 5.12. The summed E-state index contributed by atoms with van der Waals surface area (Å²) in [5.74, 6) is 0.917. The molecule has 2 heterocycles. The molecule has 0 atom stereocenters. The van der Waals surface area contributed by atoms with Gasteiger partial charge in [-0.1, -0.05) is 59.8 Å². The summed E-state index contributed by atoms with van der Waals surface area (Å²) in [4.78, 5) is 26.4. The van der Waals surface area contributed by atoms with Crippen LogP contribution in [-0.4, -0.2) is 38.9 Å². The lowest BCUT2D eigenvalue weighted by atomic mass is 10.2. The zero-order valence-electron chi connectivity index (χ0n) is 19.3. The third-order valence-corrected chi connectivity index (χ3v) is 6.75. The van der Waals surface area contributed by atoms with E-state index in [0.29, 0.717) is 17.3 Å². The van der Waals surface area contributed by atoms with Crippen LogP contribution in [0.5, 0.6) is 0 Å². The van der Waals surface area contributed by atoms with Crippen molar-refractivity contribution >= 4 is 35.0 Å². The highest BCUT2D eigenvalue weighted by Gasteiger charge is 2.21. The molecule has 35 heavy (non-hydrogen) atoms. The second-order valence-corrected chi connectivity index (χ2v) is 9.32. The summed E-state index contributed by atoms with van der Waals surface area (Å²) in [5.41, 5.74) is 4.61. The fourth-order valence-electron chi connectivity index (χ4n) is 4.04. The standard InChI is InChI=1S/C27H25N5O2S/c1-19-9-13-23(14-10-19)32-26(20-6-3-2-4-7-20)29-30-27(32)35-18-24(33)28-21-11-15-22(16-12-21)31-17-5-8-25(31)34/h2-4,6-7,9-16H,5,8,17-18H2,1H3,(H,28,33). The Balaban J connectivity index is 1.30. The minimum atomic E-state index is -0.139. The first-order chi connectivity index (χ1) is 17.1. The molecular weight excluding hydrogens is 458 g/mol. The Morgan fingerprint density at radius 2 is 1.66 bits per heavy atom. The summed E-state index contributed by atoms with van der Waals surface area (Å²) >= 11 is 1.34. The predicted octanol–water partition coefficient (Wildman–Crippen LogP) is 5.10. The molecule has 3 aromatic carbocycles. The lowest BCUT2D eigenvalue weighted by Gasteiger charge is -2.16. The molecule has 7 nitrogen and oxygen atoms in total. The largest absolute Gasteiger partial charge is 0.325 e. The second kappa shape index (κ2) is 10.1. The number of nitrogens with zero attached hydrogens (tertiary/aromatic N) is 4. The van der Waals surface area contributed by atoms with E-state index in [1.165, 1.54) is 11.8 Å². The number of aryl methyl sites for hydroxylation is 1. The number of thioether (sulfide) groups is 1. The number of rotatable bonds is 7. The molecule has 0 saturated carbocycles. The number of anilines is 2. The van der Waals surface area contributed by atoms with Crippen molar-refractivity contribution in [3.63, 3.8) is 0 Å². The highest BCUT2D eigenvalue weighted by Crippen LogP contribution is 2.28. The lowest BCUT2D eigenvalue weighted by Crippen LogP contribution is -2.23. The van der Waals surface area contributed by atoms with Crippen LogP contribution in [0.3, 0.4) is 0 Å². The first kappa shape index (κ1) is 22.9. The molecule has 0 bridgehead atoms.